The average molecular weight is 324 g/mol. The lowest BCUT2D eigenvalue weighted by molar-refractivity contribution is 0.139. The highest BCUT2D eigenvalue weighted by Crippen LogP contribution is 2.30. The van der Waals surface area contributed by atoms with Crippen LogP contribution in [-0.2, 0) is 6.61 Å². The van der Waals surface area contributed by atoms with Crippen molar-refractivity contribution >= 4 is 12.4 Å². The maximum atomic E-state index is 10.0. The number of ether oxygens (including phenoxy) is 1. The van der Waals surface area contributed by atoms with Crippen LogP contribution in [0.3, 0.4) is 0 Å². The quantitative estimate of drug-likeness (QED) is 0.763. The third kappa shape index (κ3) is 4.63. The number of phenolic OH excluding ortho intramolecular Hbond substituents is 1. The van der Waals surface area contributed by atoms with Gasteiger partial charge in [0.25, 0.3) is 0 Å². The number of hydrogen-bond acceptors (Lipinski definition) is 4. The molecule has 0 aliphatic rings. The smallest absolute Gasteiger partial charge is 0.124 e. The minimum Gasteiger partial charge on any atom is -0.507 e. The number of halogens is 1. The van der Waals surface area contributed by atoms with E-state index in [0.29, 0.717) is 24.3 Å². The van der Waals surface area contributed by atoms with Gasteiger partial charge in [0.1, 0.15) is 18.1 Å². The minimum absolute atomic E-state index is 0. The minimum atomic E-state index is -0.674. The first-order chi connectivity index (χ1) is 10.1. The molecule has 0 aliphatic heterocycles. The summed E-state index contributed by atoms with van der Waals surface area (Å²) in [6.07, 6.45) is -0.139. The zero-order valence-corrected chi connectivity index (χ0v) is 13.3. The Morgan fingerprint density at radius 1 is 1.14 bits per heavy atom. The van der Waals surface area contributed by atoms with Gasteiger partial charge in [-0.3, -0.25) is 0 Å². The van der Waals surface area contributed by atoms with Crippen molar-refractivity contribution in [3.05, 3.63) is 59.7 Å². The second kappa shape index (κ2) is 8.63. The molecule has 0 saturated heterocycles. The van der Waals surface area contributed by atoms with E-state index in [1.54, 1.807) is 12.1 Å². The SMILES string of the molecule is CC[C@@H](O)[C@@H](N)c1ccc(OCc2ccccc2)cc1O.Cl. The summed E-state index contributed by atoms with van der Waals surface area (Å²) in [6, 6.07) is 14.2. The van der Waals surface area contributed by atoms with Gasteiger partial charge in [0.2, 0.25) is 0 Å². The van der Waals surface area contributed by atoms with Crippen molar-refractivity contribution in [2.45, 2.75) is 32.1 Å². The van der Waals surface area contributed by atoms with Gasteiger partial charge >= 0.3 is 0 Å². The van der Waals surface area contributed by atoms with E-state index in [2.05, 4.69) is 0 Å². The standard InChI is InChI=1S/C17H21NO3.ClH/c1-2-15(19)17(18)14-9-8-13(10-16(14)20)21-11-12-6-4-3-5-7-12;/h3-10,15,17,19-20H,2,11,18H2,1H3;1H/t15-,17+;/m1./s1. The summed E-state index contributed by atoms with van der Waals surface area (Å²) < 4.78 is 5.63. The van der Waals surface area contributed by atoms with Crippen LogP contribution in [0.4, 0.5) is 0 Å². The first-order valence-electron chi connectivity index (χ1n) is 7.05. The molecule has 0 aromatic heterocycles. The number of phenols is 1. The van der Waals surface area contributed by atoms with Crippen molar-refractivity contribution in [3.8, 4) is 11.5 Å². The van der Waals surface area contributed by atoms with Crippen LogP contribution < -0.4 is 10.5 Å². The lowest BCUT2D eigenvalue weighted by atomic mass is 9.99. The normalized spacial score (nSPS) is 13.0. The van der Waals surface area contributed by atoms with Crippen LogP contribution in [0.5, 0.6) is 11.5 Å². The average Bonchev–Trinajstić information content (AvgIpc) is 2.52. The predicted molar refractivity (Wildman–Crippen MR) is 89.4 cm³/mol. The molecule has 4 N–H and O–H groups in total. The second-order valence-electron chi connectivity index (χ2n) is 5.00. The van der Waals surface area contributed by atoms with E-state index in [0.717, 1.165) is 5.56 Å². The van der Waals surface area contributed by atoms with Gasteiger partial charge in [-0.2, -0.15) is 0 Å². The van der Waals surface area contributed by atoms with Crippen molar-refractivity contribution < 1.29 is 14.9 Å². The Hall–Kier alpha value is -1.75. The Morgan fingerprint density at radius 2 is 1.82 bits per heavy atom. The first kappa shape index (κ1) is 18.3. The van der Waals surface area contributed by atoms with E-state index in [1.807, 2.05) is 37.3 Å². The van der Waals surface area contributed by atoms with Crippen LogP contribution in [0.2, 0.25) is 0 Å². The lowest BCUT2D eigenvalue weighted by Gasteiger charge is -2.19. The number of aliphatic hydroxyl groups excluding tert-OH is 1. The van der Waals surface area contributed by atoms with Crippen LogP contribution in [0, 0.1) is 0 Å². The summed E-state index contributed by atoms with van der Waals surface area (Å²) in [5, 5.41) is 19.8. The first-order valence-corrected chi connectivity index (χ1v) is 7.05. The molecule has 22 heavy (non-hydrogen) atoms. The maximum absolute atomic E-state index is 10.0. The molecule has 0 unspecified atom stereocenters. The zero-order valence-electron chi connectivity index (χ0n) is 12.5. The fraction of sp³-hybridized carbons (Fsp3) is 0.294. The van der Waals surface area contributed by atoms with E-state index in [4.69, 9.17) is 10.5 Å². The van der Waals surface area contributed by atoms with E-state index in [-0.39, 0.29) is 18.2 Å². The highest BCUT2D eigenvalue weighted by Gasteiger charge is 2.18. The molecule has 0 radical (unpaired) electrons. The molecule has 2 rings (SSSR count). The van der Waals surface area contributed by atoms with Crippen molar-refractivity contribution in [1.29, 1.82) is 0 Å². The number of hydrogen-bond donors (Lipinski definition) is 3. The lowest BCUT2D eigenvalue weighted by Crippen LogP contribution is -2.25. The number of aliphatic hydroxyl groups is 1. The maximum Gasteiger partial charge on any atom is 0.124 e. The molecule has 120 valence electrons. The number of rotatable bonds is 6. The van der Waals surface area contributed by atoms with E-state index in [9.17, 15) is 10.2 Å². The van der Waals surface area contributed by atoms with E-state index >= 15 is 0 Å². The summed E-state index contributed by atoms with van der Waals surface area (Å²) in [5.41, 5.74) is 7.49. The fourth-order valence-electron chi connectivity index (χ4n) is 2.10. The highest BCUT2D eigenvalue weighted by molar-refractivity contribution is 5.85. The van der Waals surface area contributed by atoms with Crippen LogP contribution in [0.1, 0.15) is 30.5 Å². The van der Waals surface area contributed by atoms with E-state index < -0.39 is 12.1 Å². The molecular formula is C17H22ClNO3. The number of aromatic hydroxyl groups is 1. The molecule has 0 bridgehead atoms. The Bertz CT molecular complexity index is 577. The van der Waals surface area contributed by atoms with Gasteiger partial charge in [-0.15, -0.1) is 12.4 Å². The highest BCUT2D eigenvalue weighted by atomic mass is 35.5. The number of nitrogens with two attached hydrogens (primary N) is 1. The van der Waals surface area contributed by atoms with Gasteiger partial charge in [0.05, 0.1) is 12.1 Å². The summed E-state index contributed by atoms with van der Waals surface area (Å²) in [7, 11) is 0. The monoisotopic (exact) mass is 323 g/mol. The van der Waals surface area contributed by atoms with Gasteiger partial charge in [-0.25, -0.2) is 0 Å². The predicted octanol–water partition coefficient (Wildman–Crippen LogP) is 3.16. The summed E-state index contributed by atoms with van der Waals surface area (Å²) in [4.78, 5) is 0. The second-order valence-corrected chi connectivity index (χ2v) is 5.00. The fourth-order valence-corrected chi connectivity index (χ4v) is 2.10. The largest absolute Gasteiger partial charge is 0.507 e. The Balaban J connectivity index is 0.00000242. The van der Waals surface area contributed by atoms with Crippen LogP contribution in [0.25, 0.3) is 0 Å². The summed E-state index contributed by atoms with van der Waals surface area (Å²) in [5.74, 6) is 0.610. The van der Waals surface area contributed by atoms with Crippen LogP contribution >= 0.6 is 12.4 Å². The summed E-state index contributed by atoms with van der Waals surface area (Å²) >= 11 is 0. The topological polar surface area (TPSA) is 75.7 Å². The zero-order chi connectivity index (χ0) is 15.2. The van der Waals surface area contributed by atoms with E-state index in [1.165, 1.54) is 6.07 Å². The molecule has 0 aliphatic carbocycles. The molecule has 2 atom stereocenters. The van der Waals surface area contributed by atoms with Crippen molar-refractivity contribution in [3.63, 3.8) is 0 Å². The molecule has 2 aromatic rings. The third-order valence-corrected chi connectivity index (χ3v) is 3.44. The van der Waals surface area contributed by atoms with Crippen LogP contribution in [-0.4, -0.2) is 16.3 Å². The van der Waals surface area contributed by atoms with Gasteiger partial charge in [-0.05, 0) is 24.1 Å². The molecule has 0 fully saturated rings. The Labute approximate surface area is 137 Å². The van der Waals surface area contributed by atoms with Gasteiger partial charge in [0.15, 0.2) is 0 Å². The van der Waals surface area contributed by atoms with Crippen LogP contribution in [0.15, 0.2) is 48.5 Å². The van der Waals surface area contributed by atoms with Crippen molar-refractivity contribution in [1.82, 2.24) is 0 Å². The molecule has 0 heterocycles. The molecule has 0 spiro atoms. The summed E-state index contributed by atoms with van der Waals surface area (Å²) in [6.45, 7) is 2.28. The van der Waals surface area contributed by atoms with Crippen molar-refractivity contribution in [2.75, 3.05) is 0 Å². The molecule has 2 aromatic carbocycles. The molecule has 5 heteroatoms. The van der Waals surface area contributed by atoms with Gasteiger partial charge < -0.3 is 20.7 Å². The molecule has 4 nitrogen and oxygen atoms in total. The molecule has 0 saturated carbocycles. The molecular weight excluding hydrogens is 302 g/mol. The van der Waals surface area contributed by atoms with Gasteiger partial charge in [-0.1, -0.05) is 37.3 Å². The Morgan fingerprint density at radius 3 is 2.41 bits per heavy atom. The van der Waals surface area contributed by atoms with Gasteiger partial charge in [0, 0.05) is 11.6 Å². The van der Waals surface area contributed by atoms with Crippen molar-refractivity contribution in [2.24, 2.45) is 5.73 Å². The number of benzene rings is 2. The molecule has 0 amide bonds. The third-order valence-electron chi connectivity index (χ3n) is 3.44. The Kier molecular flexibility index (Phi) is 7.18.